The van der Waals surface area contributed by atoms with E-state index < -0.39 is 0 Å². The van der Waals surface area contributed by atoms with Crippen molar-refractivity contribution in [1.82, 2.24) is 0 Å². The van der Waals surface area contributed by atoms with Crippen molar-refractivity contribution in [2.75, 3.05) is 24.2 Å². The first kappa shape index (κ1) is 11.4. The molecule has 0 amide bonds. The summed E-state index contributed by atoms with van der Waals surface area (Å²) in [5, 5.41) is 8.85. The molecule has 1 aromatic carbocycles. The van der Waals surface area contributed by atoms with Crippen molar-refractivity contribution in [3.63, 3.8) is 0 Å². The molecule has 0 spiro atoms. The number of nitrogen functional groups attached to an aromatic ring is 1. The number of rotatable bonds is 4. The Morgan fingerprint density at radius 2 is 2.20 bits per heavy atom. The van der Waals surface area contributed by atoms with Gasteiger partial charge >= 0.3 is 0 Å². The van der Waals surface area contributed by atoms with Gasteiger partial charge in [-0.05, 0) is 18.6 Å². The number of benzene rings is 1. The van der Waals surface area contributed by atoms with Crippen molar-refractivity contribution in [2.45, 2.75) is 19.8 Å². The Hall–Kier alpha value is -1.69. The van der Waals surface area contributed by atoms with Crippen molar-refractivity contribution in [2.24, 2.45) is 0 Å². The minimum atomic E-state index is 0.552. The molecule has 0 aliphatic carbocycles. The number of nitrogens with two attached hydrogens (primary N) is 1. The van der Waals surface area contributed by atoms with Crippen LogP contribution in [-0.4, -0.2) is 13.6 Å². The largest absolute Gasteiger partial charge is 0.396 e. The van der Waals surface area contributed by atoms with Crippen molar-refractivity contribution < 1.29 is 0 Å². The number of anilines is 2. The van der Waals surface area contributed by atoms with E-state index in [2.05, 4.69) is 17.9 Å². The molecular weight excluding hydrogens is 186 g/mol. The van der Waals surface area contributed by atoms with Crippen molar-refractivity contribution in [3.05, 3.63) is 23.8 Å². The molecule has 0 fully saturated rings. The first-order chi connectivity index (χ1) is 7.20. The van der Waals surface area contributed by atoms with E-state index in [1.54, 1.807) is 6.07 Å². The summed E-state index contributed by atoms with van der Waals surface area (Å²) in [7, 11) is 2.00. The lowest BCUT2D eigenvalue weighted by molar-refractivity contribution is 0.767. The topological polar surface area (TPSA) is 53.0 Å². The second-order valence-electron chi connectivity index (χ2n) is 3.63. The zero-order valence-corrected chi connectivity index (χ0v) is 9.33. The number of unbranched alkanes of at least 4 members (excludes halogenated alkanes) is 1. The van der Waals surface area contributed by atoms with Gasteiger partial charge in [0.05, 0.1) is 16.9 Å². The van der Waals surface area contributed by atoms with E-state index in [4.69, 9.17) is 11.0 Å². The lowest BCUT2D eigenvalue weighted by atomic mass is 10.1. The molecule has 2 N–H and O–H groups in total. The lowest BCUT2D eigenvalue weighted by Crippen LogP contribution is -2.19. The summed E-state index contributed by atoms with van der Waals surface area (Å²) in [6.07, 6.45) is 2.29. The van der Waals surface area contributed by atoms with Crippen LogP contribution >= 0.6 is 0 Å². The van der Waals surface area contributed by atoms with Gasteiger partial charge < -0.3 is 10.6 Å². The normalized spacial score (nSPS) is 9.67. The summed E-state index contributed by atoms with van der Waals surface area (Å²) in [4.78, 5) is 2.10. The van der Waals surface area contributed by atoms with Crippen LogP contribution in [0.3, 0.4) is 0 Å². The molecule has 0 unspecified atom stereocenters. The molecule has 1 rings (SSSR count). The lowest BCUT2D eigenvalue weighted by Gasteiger charge is -2.21. The molecule has 0 aliphatic rings. The van der Waals surface area contributed by atoms with Crippen LogP contribution < -0.4 is 10.6 Å². The third-order valence-corrected chi connectivity index (χ3v) is 2.46. The van der Waals surface area contributed by atoms with E-state index in [1.165, 1.54) is 0 Å². The Balaban J connectivity index is 2.90. The number of hydrogen-bond donors (Lipinski definition) is 1. The summed E-state index contributed by atoms with van der Waals surface area (Å²) < 4.78 is 0. The highest BCUT2D eigenvalue weighted by Gasteiger charge is 2.07. The predicted octanol–water partition coefficient (Wildman–Crippen LogP) is 2.38. The Morgan fingerprint density at radius 1 is 1.47 bits per heavy atom. The number of nitriles is 1. The molecule has 1 aromatic rings. The van der Waals surface area contributed by atoms with Gasteiger partial charge in [-0.2, -0.15) is 5.26 Å². The number of nitrogens with zero attached hydrogens (tertiary/aromatic N) is 2. The first-order valence-corrected chi connectivity index (χ1v) is 5.20. The van der Waals surface area contributed by atoms with Crippen LogP contribution in [0.5, 0.6) is 0 Å². The summed E-state index contributed by atoms with van der Waals surface area (Å²) in [5.74, 6) is 0. The Kier molecular flexibility index (Phi) is 3.99. The summed E-state index contributed by atoms with van der Waals surface area (Å²) in [6, 6.07) is 7.66. The van der Waals surface area contributed by atoms with Crippen LogP contribution in [0, 0.1) is 11.3 Å². The molecule has 0 radical (unpaired) electrons. The molecule has 0 aromatic heterocycles. The van der Waals surface area contributed by atoms with Gasteiger partial charge in [0.1, 0.15) is 6.07 Å². The molecule has 0 aliphatic heterocycles. The predicted molar refractivity (Wildman–Crippen MR) is 63.7 cm³/mol. The van der Waals surface area contributed by atoms with Gasteiger partial charge in [-0.3, -0.25) is 0 Å². The Labute approximate surface area is 91.1 Å². The van der Waals surface area contributed by atoms with Crippen LogP contribution in [-0.2, 0) is 0 Å². The third kappa shape index (κ3) is 2.63. The SMILES string of the molecule is CCCCN(C)c1cccc(C#N)c1N. The second-order valence-corrected chi connectivity index (χ2v) is 3.63. The van der Waals surface area contributed by atoms with Crippen molar-refractivity contribution >= 4 is 11.4 Å². The maximum Gasteiger partial charge on any atom is 0.101 e. The Bertz CT molecular complexity index is 366. The maximum absolute atomic E-state index is 8.85. The zero-order valence-electron chi connectivity index (χ0n) is 9.33. The minimum absolute atomic E-state index is 0.552. The van der Waals surface area contributed by atoms with E-state index in [1.807, 2.05) is 19.2 Å². The van der Waals surface area contributed by atoms with Crippen LogP contribution in [0.4, 0.5) is 11.4 Å². The molecule has 0 atom stereocenters. The third-order valence-electron chi connectivity index (χ3n) is 2.46. The van der Waals surface area contributed by atoms with Crippen LogP contribution in [0.1, 0.15) is 25.3 Å². The monoisotopic (exact) mass is 203 g/mol. The molecule has 0 saturated carbocycles. The summed E-state index contributed by atoms with van der Waals surface area (Å²) >= 11 is 0. The van der Waals surface area contributed by atoms with Crippen molar-refractivity contribution in [1.29, 1.82) is 5.26 Å². The molecular formula is C12H17N3. The fraction of sp³-hybridized carbons (Fsp3) is 0.417. The van der Waals surface area contributed by atoms with E-state index in [0.29, 0.717) is 11.3 Å². The van der Waals surface area contributed by atoms with Crippen LogP contribution in [0.25, 0.3) is 0 Å². The minimum Gasteiger partial charge on any atom is -0.396 e. The molecule has 80 valence electrons. The smallest absolute Gasteiger partial charge is 0.101 e. The molecule has 0 heterocycles. The maximum atomic E-state index is 8.85. The number of para-hydroxylation sites is 1. The van der Waals surface area contributed by atoms with Crippen molar-refractivity contribution in [3.8, 4) is 6.07 Å². The standard InChI is InChI=1S/C12H17N3/c1-3-4-8-15(2)11-7-5-6-10(9-13)12(11)14/h5-7H,3-4,8,14H2,1-2H3. The fourth-order valence-corrected chi connectivity index (χ4v) is 1.50. The van der Waals surface area contributed by atoms with Gasteiger partial charge in [0.15, 0.2) is 0 Å². The summed E-state index contributed by atoms with van der Waals surface area (Å²) in [5.41, 5.74) is 7.98. The zero-order chi connectivity index (χ0) is 11.3. The fourth-order valence-electron chi connectivity index (χ4n) is 1.50. The van der Waals surface area contributed by atoms with Gasteiger partial charge in [0.25, 0.3) is 0 Å². The molecule has 15 heavy (non-hydrogen) atoms. The highest BCUT2D eigenvalue weighted by atomic mass is 15.1. The molecule has 0 saturated heterocycles. The van der Waals surface area contributed by atoms with E-state index >= 15 is 0 Å². The van der Waals surface area contributed by atoms with Gasteiger partial charge in [0, 0.05) is 13.6 Å². The molecule has 3 nitrogen and oxygen atoms in total. The van der Waals surface area contributed by atoms with Gasteiger partial charge in [-0.15, -0.1) is 0 Å². The number of hydrogen-bond acceptors (Lipinski definition) is 3. The summed E-state index contributed by atoms with van der Waals surface area (Å²) in [6.45, 7) is 3.12. The van der Waals surface area contributed by atoms with Gasteiger partial charge in [-0.1, -0.05) is 19.4 Å². The van der Waals surface area contributed by atoms with Crippen LogP contribution in [0.15, 0.2) is 18.2 Å². The molecule has 0 bridgehead atoms. The average Bonchev–Trinajstić information content (AvgIpc) is 2.26. The van der Waals surface area contributed by atoms with E-state index in [-0.39, 0.29) is 0 Å². The Morgan fingerprint density at radius 3 is 2.80 bits per heavy atom. The highest BCUT2D eigenvalue weighted by Crippen LogP contribution is 2.25. The van der Waals surface area contributed by atoms with E-state index in [0.717, 1.165) is 25.1 Å². The first-order valence-electron chi connectivity index (χ1n) is 5.20. The molecule has 3 heteroatoms. The van der Waals surface area contributed by atoms with E-state index in [9.17, 15) is 0 Å². The average molecular weight is 203 g/mol. The quantitative estimate of drug-likeness (QED) is 0.764. The van der Waals surface area contributed by atoms with Crippen LogP contribution in [0.2, 0.25) is 0 Å². The second kappa shape index (κ2) is 5.26. The highest BCUT2D eigenvalue weighted by molar-refractivity contribution is 5.73. The van der Waals surface area contributed by atoms with Gasteiger partial charge in [-0.25, -0.2) is 0 Å². The van der Waals surface area contributed by atoms with Gasteiger partial charge in [0.2, 0.25) is 0 Å².